The second-order valence-electron chi connectivity index (χ2n) is 9.12. The summed E-state index contributed by atoms with van der Waals surface area (Å²) in [6, 6.07) is 21.4. The number of rotatable bonds is 10. The van der Waals surface area contributed by atoms with E-state index < -0.39 is 41.0 Å². The van der Waals surface area contributed by atoms with Gasteiger partial charge in [0.05, 0.1) is 11.6 Å². The number of carbonyl (C=O) groups excluding carboxylic acids is 2. The molecule has 0 aromatic heterocycles. The fourth-order valence-electron chi connectivity index (χ4n) is 4.04. The van der Waals surface area contributed by atoms with Crippen LogP contribution in [0.4, 0.5) is 17.6 Å². The van der Waals surface area contributed by atoms with E-state index in [-0.39, 0.29) is 12.8 Å². The number of esters is 2. The molecule has 0 fully saturated rings. The maximum atomic E-state index is 14.8. The van der Waals surface area contributed by atoms with Gasteiger partial charge in [0, 0.05) is 30.5 Å². The molecule has 0 aliphatic rings. The first kappa shape index (κ1) is 29.0. The van der Waals surface area contributed by atoms with E-state index in [4.69, 9.17) is 14.7 Å². The van der Waals surface area contributed by atoms with E-state index in [1.165, 1.54) is 6.07 Å². The molecule has 9 heteroatoms. The van der Waals surface area contributed by atoms with Crippen molar-refractivity contribution in [2.24, 2.45) is 0 Å². The molecular formula is C32H23F4NO4. The van der Waals surface area contributed by atoms with Crippen LogP contribution in [0.5, 0.6) is 11.5 Å². The number of nitrogens with zero attached hydrogens (tertiary/aromatic N) is 1. The Balaban J connectivity index is 1.21. The molecule has 0 spiro atoms. The maximum absolute atomic E-state index is 14.8. The molecule has 0 atom stereocenters. The Bertz CT molecular complexity index is 1570. The van der Waals surface area contributed by atoms with Gasteiger partial charge in [-0.15, -0.1) is 0 Å². The Hall–Kier alpha value is -4.97. The Kier molecular flexibility index (Phi) is 9.48. The summed E-state index contributed by atoms with van der Waals surface area (Å²) in [6.07, 6.45) is 1.36. The van der Waals surface area contributed by atoms with Crippen molar-refractivity contribution in [2.75, 3.05) is 0 Å². The van der Waals surface area contributed by atoms with E-state index in [2.05, 4.69) is 0 Å². The zero-order valence-corrected chi connectivity index (χ0v) is 21.6. The van der Waals surface area contributed by atoms with Gasteiger partial charge in [0.15, 0.2) is 17.5 Å². The van der Waals surface area contributed by atoms with Crippen LogP contribution in [0.2, 0.25) is 0 Å². The van der Waals surface area contributed by atoms with Gasteiger partial charge in [-0.3, -0.25) is 9.59 Å². The summed E-state index contributed by atoms with van der Waals surface area (Å²) in [6.45, 7) is 0. The van der Waals surface area contributed by atoms with Crippen LogP contribution in [-0.4, -0.2) is 11.9 Å². The summed E-state index contributed by atoms with van der Waals surface area (Å²) in [4.78, 5) is 24.0. The lowest BCUT2D eigenvalue weighted by Gasteiger charge is -2.09. The predicted octanol–water partition coefficient (Wildman–Crippen LogP) is 7.91. The van der Waals surface area contributed by atoms with Gasteiger partial charge in [-0.25, -0.2) is 17.6 Å². The fraction of sp³-hybridized carbons (Fsp3) is 0.156. The van der Waals surface area contributed by atoms with Gasteiger partial charge in [0.2, 0.25) is 0 Å². The Morgan fingerprint density at radius 1 is 0.610 bits per heavy atom. The summed E-state index contributed by atoms with van der Waals surface area (Å²) in [5.41, 5.74) is 2.94. The summed E-state index contributed by atoms with van der Waals surface area (Å²) >= 11 is 0. The van der Waals surface area contributed by atoms with Gasteiger partial charge in [-0.1, -0.05) is 42.8 Å². The van der Waals surface area contributed by atoms with Gasteiger partial charge >= 0.3 is 11.9 Å². The molecule has 0 heterocycles. The number of nitriles is 1. The van der Waals surface area contributed by atoms with Crippen molar-refractivity contribution in [3.05, 3.63) is 108 Å². The van der Waals surface area contributed by atoms with Crippen LogP contribution in [0.15, 0.2) is 78.9 Å². The average Bonchev–Trinajstić information content (AvgIpc) is 2.96. The number of benzene rings is 4. The van der Waals surface area contributed by atoms with Crippen molar-refractivity contribution in [1.82, 2.24) is 0 Å². The summed E-state index contributed by atoms with van der Waals surface area (Å²) in [7, 11) is 0. The smallest absolute Gasteiger partial charge is 0.311 e. The maximum Gasteiger partial charge on any atom is 0.311 e. The van der Waals surface area contributed by atoms with E-state index in [9.17, 15) is 27.2 Å². The van der Waals surface area contributed by atoms with Gasteiger partial charge in [-0.2, -0.15) is 5.26 Å². The van der Waals surface area contributed by atoms with Gasteiger partial charge < -0.3 is 9.47 Å². The van der Waals surface area contributed by atoms with Crippen molar-refractivity contribution in [3.8, 4) is 39.8 Å². The SMILES string of the molecule is N#Cc1ccc(-c2ccc(-c3ccc(OC(=O)CCCCCC(=O)Oc4cc(F)c(F)c(F)c4)cc3)cc2F)cc1. The molecule has 0 aliphatic carbocycles. The highest BCUT2D eigenvalue weighted by atomic mass is 19.2. The third-order valence-electron chi connectivity index (χ3n) is 6.16. The van der Waals surface area contributed by atoms with Gasteiger partial charge in [0.1, 0.15) is 17.3 Å². The second-order valence-corrected chi connectivity index (χ2v) is 9.12. The average molecular weight is 562 g/mol. The molecule has 5 nitrogen and oxygen atoms in total. The van der Waals surface area contributed by atoms with Crippen LogP contribution in [0.1, 0.15) is 37.7 Å². The van der Waals surface area contributed by atoms with Crippen molar-refractivity contribution in [2.45, 2.75) is 32.1 Å². The minimum Gasteiger partial charge on any atom is -0.427 e. The molecule has 0 saturated heterocycles. The normalized spacial score (nSPS) is 10.6. The lowest BCUT2D eigenvalue weighted by molar-refractivity contribution is -0.134. The van der Waals surface area contributed by atoms with Crippen LogP contribution >= 0.6 is 0 Å². The van der Waals surface area contributed by atoms with Crippen LogP contribution in [-0.2, 0) is 9.59 Å². The number of carbonyl (C=O) groups is 2. The van der Waals surface area contributed by atoms with E-state index in [1.54, 1.807) is 60.7 Å². The van der Waals surface area contributed by atoms with Gasteiger partial charge in [0.25, 0.3) is 0 Å². The van der Waals surface area contributed by atoms with Crippen LogP contribution in [0.3, 0.4) is 0 Å². The molecule has 4 rings (SSSR count). The molecule has 0 amide bonds. The third-order valence-corrected chi connectivity index (χ3v) is 6.16. The van der Waals surface area contributed by atoms with Gasteiger partial charge in [-0.05, 0) is 59.9 Å². The van der Waals surface area contributed by atoms with E-state index in [0.717, 1.165) is 5.56 Å². The highest BCUT2D eigenvalue weighted by molar-refractivity contribution is 5.74. The number of ether oxygens (including phenoxy) is 2. The topological polar surface area (TPSA) is 76.4 Å². The van der Waals surface area contributed by atoms with Crippen LogP contribution in [0, 0.1) is 34.6 Å². The van der Waals surface area contributed by atoms with Crippen LogP contribution < -0.4 is 9.47 Å². The zero-order chi connectivity index (χ0) is 29.4. The van der Waals surface area contributed by atoms with E-state index >= 15 is 0 Å². The van der Waals surface area contributed by atoms with Crippen molar-refractivity contribution in [1.29, 1.82) is 5.26 Å². The molecule has 4 aromatic carbocycles. The van der Waals surface area contributed by atoms with Crippen molar-refractivity contribution in [3.63, 3.8) is 0 Å². The fourth-order valence-corrected chi connectivity index (χ4v) is 4.04. The standard InChI is InChI=1S/C32H23F4NO4/c33-27-16-23(12-15-26(27)22-8-6-20(19-37)7-9-22)21-10-13-24(14-11-21)40-30(38)4-2-1-3-5-31(39)41-25-17-28(34)32(36)29(35)18-25/h6-18H,1-5H2. The minimum atomic E-state index is -1.64. The first-order chi connectivity index (χ1) is 19.7. The second kappa shape index (κ2) is 13.4. The highest BCUT2D eigenvalue weighted by Crippen LogP contribution is 2.29. The molecule has 0 unspecified atom stereocenters. The van der Waals surface area contributed by atoms with Crippen molar-refractivity contribution < 1.29 is 36.6 Å². The Labute approximate surface area is 233 Å². The lowest BCUT2D eigenvalue weighted by Crippen LogP contribution is -2.09. The van der Waals surface area contributed by atoms with E-state index in [0.29, 0.717) is 59.4 Å². The highest BCUT2D eigenvalue weighted by Gasteiger charge is 2.14. The number of hydrogen-bond donors (Lipinski definition) is 0. The molecular weight excluding hydrogens is 538 g/mol. The zero-order valence-electron chi connectivity index (χ0n) is 21.6. The molecule has 41 heavy (non-hydrogen) atoms. The Morgan fingerprint density at radius 3 is 1.71 bits per heavy atom. The molecule has 208 valence electrons. The number of unbranched alkanes of at least 4 members (excludes halogenated alkanes) is 2. The molecule has 0 radical (unpaired) electrons. The van der Waals surface area contributed by atoms with Crippen LogP contribution in [0.25, 0.3) is 22.3 Å². The van der Waals surface area contributed by atoms with Crippen molar-refractivity contribution >= 4 is 11.9 Å². The third kappa shape index (κ3) is 7.79. The molecule has 0 saturated carbocycles. The quantitative estimate of drug-likeness (QED) is 0.0647. The Morgan fingerprint density at radius 2 is 1.15 bits per heavy atom. The molecule has 0 N–H and O–H groups in total. The molecule has 4 aromatic rings. The molecule has 0 aliphatic heterocycles. The molecule has 0 bridgehead atoms. The van der Waals surface area contributed by atoms with E-state index in [1.807, 2.05) is 6.07 Å². The number of hydrogen-bond acceptors (Lipinski definition) is 5. The number of halogens is 4. The summed E-state index contributed by atoms with van der Waals surface area (Å²) in [5.74, 6) is -6.25. The summed E-state index contributed by atoms with van der Waals surface area (Å²) in [5, 5.41) is 8.92. The first-order valence-electron chi connectivity index (χ1n) is 12.7. The first-order valence-corrected chi connectivity index (χ1v) is 12.7. The summed E-state index contributed by atoms with van der Waals surface area (Å²) < 4.78 is 64.3. The largest absolute Gasteiger partial charge is 0.427 e. The monoisotopic (exact) mass is 561 g/mol. The predicted molar refractivity (Wildman–Crippen MR) is 143 cm³/mol. The lowest BCUT2D eigenvalue weighted by atomic mass is 9.99. The minimum absolute atomic E-state index is 0.0494.